The normalized spacial score (nSPS) is 11.4. The van der Waals surface area contributed by atoms with E-state index in [9.17, 15) is 18.3 Å². The maximum Gasteiger partial charge on any atom is 0.433 e. The largest absolute Gasteiger partial charge is 0.508 e. The van der Waals surface area contributed by atoms with Crippen LogP contribution in [0, 0.1) is 6.92 Å². The molecule has 0 aliphatic carbocycles. The number of aromatic nitrogens is 2. The molecule has 19 heavy (non-hydrogen) atoms. The molecule has 4 nitrogen and oxygen atoms in total. The highest BCUT2D eigenvalue weighted by molar-refractivity contribution is 5.38. The quantitative estimate of drug-likeness (QED) is 0.909. The van der Waals surface area contributed by atoms with Gasteiger partial charge >= 0.3 is 12.2 Å². The Labute approximate surface area is 106 Å². The van der Waals surface area contributed by atoms with Gasteiger partial charge in [-0.3, -0.25) is 0 Å². The molecule has 100 valence electrons. The lowest BCUT2D eigenvalue weighted by Crippen LogP contribution is -2.08. The Kier molecular flexibility index (Phi) is 3.28. The van der Waals surface area contributed by atoms with Crippen LogP contribution >= 0.6 is 0 Å². The first kappa shape index (κ1) is 13.1. The van der Waals surface area contributed by atoms with Crippen molar-refractivity contribution in [2.45, 2.75) is 13.1 Å². The van der Waals surface area contributed by atoms with Crippen LogP contribution in [-0.4, -0.2) is 15.1 Å². The second-order valence-electron chi connectivity index (χ2n) is 3.83. The van der Waals surface area contributed by atoms with Crippen molar-refractivity contribution in [1.29, 1.82) is 0 Å². The van der Waals surface area contributed by atoms with Gasteiger partial charge in [0.05, 0.1) is 0 Å². The van der Waals surface area contributed by atoms with Gasteiger partial charge in [-0.1, -0.05) is 0 Å². The summed E-state index contributed by atoms with van der Waals surface area (Å²) in [6, 6.07) is 4.61. The summed E-state index contributed by atoms with van der Waals surface area (Å²) in [7, 11) is 0. The van der Waals surface area contributed by atoms with Crippen LogP contribution in [0.2, 0.25) is 0 Å². The number of ether oxygens (including phenoxy) is 1. The molecule has 0 radical (unpaired) electrons. The summed E-state index contributed by atoms with van der Waals surface area (Å²) in [4.78, 5) is 6.85. The first-order valence-electron chi connectivity index (χ1n) is 5.23. The van der Waals surface area contributed by atoms with Gasteiger partial charge in [0, 0.05) is 12.3 Å². The van der Waals surface area contributed by atoms with Crippen LogP contribution in [0.25, 0.3) is 0 Å². The second kappa shape index (κ2) is 4.75. The van der Waals surface area contributed by atoms with E-state index >= 15 is 0 Å². The third-order valence-electron chi connectivity index (χ3n) is 2.17. The molecule has 1 aromatic heterocycles. The molecular formula is C12H9F3N2O2. The van der Waals surface area contributed by atoms with Gasteiger partial charge < -0.3 is 9.84 Å². The van der Waals surface area contributed by atoms with Crippen LogP contribution in [-0.2, 0) is 6.18 Å². The van der Waals surface area contributed by atoms with E-state index in [4.69, 9.17) is 4.74 Å². The number of benzene rings is 1. The third kappa shape index (κ3) is 3.34. The summed E-state index contributed by atoms with van der Waals surface area (Å²) in [5, 5.41) is 9.35. The van der Waals surface area contributed by atoms with Gasteiger partial charge in [0.25, 0.3) is 0 Å². The van der Waals surface area contributed by atoms with E-state index < -0.39 is 17.9 Å². The minimum absolute atomic E-state index is 0.0537. The lowest BCUT2D eigenvalue weighted by atomic mass is 10.2. The van der Waals surface area contributed by atoms with Gasteiger partial charge in [-0.05, 0) is 30.7 Å². The zero-order valence-electron chi connectivity index (χ0n) is 9.77. The maximum absolute atomic E-state index is 12.4. The fraction of sp³-hybridized carbons (Fsp3) is 0.167. The summed E-state index contributed by atoms with van der Waals surface area (Å²) in [5.41, 5.74) is -0.392. The molecule has 0 saturated carbocycles. The standard InChI is InChI=1S/C12H9F3N2O2/c1-7-4-8(18)6-9(5-7)19-11-16-3-2-10(17-11)12(13,14)15/h2-6,18H,1H3. The molecule has 1 heterocycles. The summed E-state index contributed by atoms with van der Waals surface area (Å²) in [6.07, 6.45) is -3.60. The van der Waals surface area contributed by atoms with Gasteiger partial charge in [0.1, 0.15) is 11.5 Å². The Hall–Kier alpha value is -2.31. The highest BCUT2D eigenvalue weighted by atomic mass is 19.4. The van der Waals surface area contributed by atoms with Gasteiger partial charge in [-0.15, -0.1) is 0 Å². The number of rotatable bonds is 2. The molecule has 0 unspecified atom stereocenters. The van der Waals surface area contributed by atoms with Gasteiger partial charge in [-0.2, -0.15) is 18.2 Å². The summed E-state index contributed by atoms with van der Waals surface area (Å²) >= 11 is 0. The lowest BCUT2D eigenvalue weighted by molar-refractivity contribution is -0.141. The van der Waals surface area contributed by atoms with Crippen LogP contribution in [0.3, 0.4) is 0 Å². The Morgan fingerprint density at radius 3 is 2.58 bits per heavy atom. The van der Waals surface area contributed by atoms with Crippen molar-refractivity contribution >= 4 is 0 Å². The number of phenolic OH excluding ortho intramolecular Hbond substituents is 1. The molecule has 1 aromatic carbocycles. The molecule has 0 aliphatic rings. The number of halogens is 3. The number of hydrogen-bond donors (Lipinski definition) is 1. The Balaban J connectivity index is 2.28. The Bertz CT molecular complexity index is 580. The van der Waals surface area contributed by atoms with Gasteiger partial charge in [-0.25, -0.2) is 4.98 Å². The fourth-order valence-electron chi connectivity index (χ4n) is 1.44. The minimum atomic E-state index is -4.56. The molecule has 0 spiro atoms. The van der Waals surface area contributed by atoms with Crippen LogP contribution in [0.1, 0.15) is 11.3 Å². The van der Waals surface area contributed by atoms with Crippen molar-refractivity contribution in [3.63, 3.8) is 0 Å². The average molecular weight is 270 g/mol. The average Bonchev–Trinajstić information content (AvgIpc) is 2.26. The molecule has 2 rings (SSSR count). The first-order valence-corrected chi connectivity index (χ1v) is 5.23. The molecule has 0 atom stereocenters. The number of phenols is 1. The SMILES string of the molecule is Cc1cc(O)cc(Oc2nccc(C(F)(F)F)n2)c1. The molecule has 0 amide bonds. The zero-order valence-corrected chi connectivity index (χ0v) is 9.77. The van der Waals surface area contributed by atoms with Crippen molar-refractivity contribution in [1.82, 2.24) is 9.97 Å². The first-order chi connectivity index (χ1) is 8.84. The molecule has 0 aliphatic heterocycles. The zero-order chi connectivity index (χ0) is 14.0. The van der Waals surface area contributed by atoms with Crippen molar-refractivity contribution in [3.8, 4) is 17.5 Å². The monoisotopic (exact) mass is 270 g/mol. The summed E-state index contributed by atoms with van der Waals surface area (Å²) in [6.45, 7) is 1.71. The molecule has 0 bridgehead atoms. The van der Waals surface area contributed by atoms with E-state index in [1.807, 2.05) is 0 Å². The van der Waals surface area contributed by atoms with E-state index in [2.05, 4.69) is 9.97 Å². The third-order valence-corrected chi connectivity index (χ3v) is 2.17. The van der Waals surface area contributed by atoms with Crippen molar-refractivity contribution in [3.05, 3.63) is 41.7 Å². The summed E-state index contributed by atoms with van der Waals surface area (Å²) in [5.74, 6) is 0.110. The number of alkyl halides is 3. The van der Waals surface area contributed by atoms with Crippen LogP contribution < -0.4 is 4.74 Å². The van der Waals surface area contributed by atoms with Crippen LogP contribution in [0.4, 0.5) is 13.2 Å². The predicted octanol–water partition coefficient (Wildman–Crippen LogP) is 3.30. The lowest BCUT2D eigenvalue weighted by Gasteiger charge is -2.08. The smallest absolute Gasteiger partial charge is 0.433 e. The summed E-state index contributed by atoms with van der Waals surface area (Å²) < 4.78 is 42.4. The molecule has 7 heteroatoms. The van der Waals surface area contributed by atoms with Gasteiger partial charge in [0.2, 0.25) is 0 Å². The Morgan fingerprint density at radius 2 is 1.95 bits per heavy atom. The van der Waals surface area contributed by atoms with E-state index in [1.165, 1.54) is 12.1 Å². The Morgan fingerprint density at radius 1 is 1.21 bits per heavy atom. The maximum atomic E-state index is 12.4. The van der Waals surface area contributed by atoms with Crippen molar-refractivity contribution in [2.75, 3.05) is 0 Å². The van der Waals surface area contributed by atoms with E-state index in [0.29, 0.717) is 5.56 Å². The molecule has 1 N–H and O–H groups in total. The minimum Gasteiger partial charge on any atom is -0.508 e. The number of aromatic hydroxyl groups is 1. The number of hydrogen-bond acceptors (Lipinski definition) is 4. The van der Waals surface area contributed by atoms with Gasteiger partial charge in [0.15, 0.2) is 5.69 Å². The highest BCUT2D eigenvalue weighted by Crippen LogP contribution is 2.29. The molecule has 0 saturated heterocycles. The number of aryl methyl sites for hydroxylation is 1. The number of nitrogens with zero attached hydrogens (tertiary/aromatic N) is 2. The van der Waals surface area contributed by atoms with Crippen molar-refractivity contribution < 1.29 is 23.0 Å². The highest BCUT2D eigenvalue weighted by Gasteiger charge is 2.33. The molecule has 0 fully saturated rings. The van der Waals surface area contributed by atoms with E-state index in [-0.39, 0.29) is 11.5 Å². The van der Waals surface area contributed by atoms with E-state index in [1.54, 1.807) is 13.0 Å². The van der Waals surface area contributed by atoms with Crippen LogP contribution in [0.5, 0.6) is 17.5 Å². The molecular weight excluding hydrogens is 261 g/mol. The molecule has 2 aromatic rings. The van der Waals surface area contributed by atoms with Crippen LogP contribution in [0.15, 0.2) is 30.5 Å². The van der Waals surface area contributed by atoms with E-state index in [0.717, 1.165) is 12.3 Å². The predicted molar refractivity (Wildman–Crippen MR) is 60.0 cm³/mol. The topological polar surface area (TPSA) is 55.2 Å². The fourth-order valence-corrected chi connectivity index (χ4v) is 1.44. The van der Waals surface area contributed by atoms with Crippen molar-refractivity contribution in [2.24, 2.45) is 0 Å². The second-order valence-corrected chi connectivity index (χ2v) is 3.83.